The number of ether oxygens (including phenoxy) is 1. The molecule has 0 saturated carbocycles. The lowest BCUT2D eigenvalue weighted by atomic mass is 10.1. The third-order valence-corrected chi connectivity index (χ3v) is 2.36. The highest BCUT2D eigenvalue weighted by Crippen LogP contribution is 2.28. The van der Waals surface area contributed by atoms with Crippen LogP contribution in [0.1, 0.15) is 26.5 Å². The molecule has 90 valence electrons. The normalized spacial score (nSPS) is 11.8. The van der Waals surface area contributed by atoms with E-state index in [2.05, 4.69) is 4.98 Å². The highest BCUT2D eigenvalue weighted by atomic mass is 16.5. The molecule has 0 bridgehead atoms. The molecule has 0 amide bonds. The number of para-hydroxylation sites is 1. The largest absolute Gasteiger partial charge is 0.487 e. The lowest BCUT2D eigenvalue weighted by molar-refractivity contribution is 0.133. The van der Waals surface area contributed by atoms with Crippen LogP contribution in [0.5, 0.6) is 5.75 Å². The smallest absolute Gasteiger partial charge is 0.131 e. The van der Waals surface area contributed by atoms with Crippen LogP contribution in [0.4, 0.5) is 0 Å². The van der Waals surface area contributed by atoms with E-state index < -0.39 is 0 Å². The van der Waals surface area contributed by atoms with E-state index in [1.807, 2.05) is 51.1 Å². The average molecular weight is 230 g/mol. The molecule has 0 spiro atoms. The Kier molecular flexibility index (Phi) is 3.03. The van der Waals surface area contributed by atoms with Gasteiger partial charge in [0.05, 0.1) is 11.2 Å². The van der Waals surface area contributed by atoms with E-state index in [0.29, 0.717) is 6.54 Å². The topological polar surface area (TPSA) is 48.1 Å². The second-order valence-electron chi connectivity index (χ2n) is 5.05. The van der Waals surface area contributed by atoms with Crippen LogP contribution in [0.3, 0.4) is 0 Å². The third kappa shape index (κ3) is 2.74. The van der Waals surface area contributed by atoms with Gasteiger partial charge in [-0.1, -0.05) is 12.1 Å². The fourth-order valence-corrected chi connectivity index (χ4v) is 1.71. The first-order valence-electron chi connectivity index (χ1n) is 5.77. The van der Waals surface area contributed by atoms with Gasteiger partial charge in [0.2, 0.25) is 0 Å². The Balaban J connectivity index is 2.58. The molecular weight excluding hydrogens is 212 g/mol. The summed E-state index contributed by atoms with van der Waals surface area (Å²) < 4.78 is 5.96. The molecule has 1 aromatic carbocycles. The monoisotopic (exact) mass is 230 g/mol. The summed E-state index contributed by atoms with van der Waals surface area (Å²) in [5.41, 5.74) is 7.20. The standard InChI is InChI=1S/C14H18N2O/c1-14(2,3)17-13-8-10(9-15)16-12-7-5-4-6-11(12)13/h4-8H,9,15H2,1-3H3. The van der Waals surface area contributed by atoms with E-state index in [1.54, 1.807) is 0 Å². The molecule has 2 rings (SSSR count). The summed E-state index contributed by atoms with van der Waals surface area (Å²) in [7, 11) is 0. The van der Waals surface area contributed by atoms with Gasteiger partial charge in [-0.3, -0.25) is 4.98 Å². The number of fused-ring (bicyclic) bond motifs is 1. The van der Waals surface area contributed by atoms with Crippen molar-refractivity contribution in [3.8, 4) is 5.75 Å². The molecule has 2 aromatic rings. The number of benzene rings is 1. The van der Waals surface area contributed by atoms with E-state index in [-0.39, 0.29) is 5.60 Å². The fourth-order valence-electron chi connectivity index (χ4n) is 1.71. The predicted molar refractivity (Wildman–Crippen MR) is 70.0 cm³/mol. The molecule has 0 atom stereocenters. The van der Waals surface area contributed by atoms with Crippen LogP contribution >= 0.6 is 0 Å². The number of nitrogens with zero attached hydrogens (tertiary/aromatic N) is 1. The Morgan fingerprint density at radius 2 is 1.94 bits per heavy atom. The Labute approximate surface area is 102 Å². The summed E-state index contributed by atoms with van der Waals surface area (Å²) >= 11 is 0. The molecule has 0 fully saturated rings. The second kappa shape index (κ2) is 4.34. The Morgan fingerprint density at radius 1 is 1.24 bits per heavy atom. The Morgan fingerprint density at radius 3 is 2.59 bits per heavy atom. The maximum Gasteiger partial charge on any atom is 0.131 e. The zero-order valence-electron chi connectivity index (χ0n) is 10.5. The number of hydrogen-bond acceptors (Lipinski definition) is 3. The molecule has 1 aromatic heterocycles. The van der Waals surface area contributed by atoms with E-state index in [1.165, 1.54) is 0 Å². The van der Waals surface area contributed by atoms with E-state index in [0.717, 1.165) is 22.3 Å². The minimum Gasteiger partial charge on any atom is -0.487 e. The van der Waals surface area contributed by atoms with Crippen LogP contribution in [-0.2, 0) is 6.54 Å². The van der Waals surface area contributed by atoms with Gasteiger partial charge in [-0.2, -0.15) is 0 Å². The quantitative estimate of drug-likeness (QED) is 0.863. The fraction of sp³-hybridized carbons (Fsp3) is 0.357. The molecule has 0 aliphatic heterocycles. The van der Waals surface area contributed by atoms with Gasteiger partial charge in [-0.05, 0) is 32.9 Å². The number of nitrogens with two attached hydrogens (primary N) is 1. The number of pyridine rings is 1. The molecule has 3 heteroatoms. The molecular formula is C14H18N2O. The summed E-state index contributed by atoms with van der Waals surface area (Å²) in [6.07, 6.45) is 0. The number of aromatic nitrogens is 1. The predicted octanol–water partition coefficient (Wildman–Crippen LogP) is 2.87. The molecule has 2 N–H and O–H groups in total. The molecule has 0 aliphatic carbocycles. The SMILES string of the molecule is CC(C)(C)Oc1cc(CN)nc2ccccc12. The van der Waals surface area contributed by atoms with Crippen molar-refractivity contribution < 1.29 is 4.74 Å². The summed E-state index contributed by atoms with van der Waals surface area (Å²) in [5.74, 6) is 0.851. The van der Waals surface area contributed by atoms with Gasteiger partial charge in [-0.15, -0.1) is 0 Å². The van der Waals surface area contributed by atoms with Gasteiger partial charge in [-0.25, -0.2) is 0 Å². The van der Waals surface area contributed by atoms with Gasteiger partial charge < -0.3 is 10.5 Å². The Bertz CT molecular complexity index is 529. The van der Waals surface area contributed by atoms with Gasteiger partial charge in [0.15, 0.2) is 0 Å². The molecule has 0 radical (unpaired) electrons. The van der Waals surface area contributed by atoms with Crippen molar-refractivity contribution >= 4 is 10.9 Å². The second-order valence-corrected chi connectivity index (χ2v) is 5.05. The zero-order chi connectivity index (χ0) is 12.5. The van der Waals surface area contributed by atoms with Crippen molar-refractivity contribution in [2.45, 2.75) is 32.9 Å². The molecule has 1 heterocycles. The van der Waals surface area contributed by atoms with Crippen molar-refractivity contribution in [2.75, 3.05) is 0 Å². The number of hydrogen-bond donors (Lipinski definition) is 1. The van der Waals surface area contributed by atoms with Crippen LogP contribution in [-0.4, -0.2) is 10.6 Å². The molecule has 0 unspecified atom stereocenters. The van der Waals surface area contributed by atoms with Crippen LogP contribution in [0.25, 0.3) is 10.9 Å². The summed E-state index contributed by atoms with van der Waals surface area (Å²) in [5, 5.41) is 1.03. The summed E-state index contributed by atoms with van der Waals surface area (Å²) in [6, 6.07) is 9.87. The summed E-state index contributed by atoms with van der Waals surface area (Å²) in [6.45, 7) is 6.52. The van der Waals surface area contributed by atoms with E-state index in [4.69, 9.17) is 10.5 Å². The number of rotatable bonds is 2. The Hall–Kier alpha value is -1.61. The maximum absolute atomic E-state index is 5.96. The first-order chi connectivity index (χ1) is 7.99. The van der Waals surface area contributed by atoms with Crippen molar-refractivity contribution in [3.63, 3.8) is 0 Å². The highest BCUT2D eigenvalue weighted by molar-refractivity contribution is 5.85. The lowest BCUT2D eigenvalue weighted by Gasteiger charge is -2.22. The lowest BCUT2D eigenvalue weighted by Crippen LogP contribution is -2.23. The van der Waals surface area contributed by atoms with Crippen LogP contribution in [0.15, 0.2) is 30.3 Å². The van der Waals surface area contributed by atoms with Crippen LogP contribution in [0, 0.1) is 0 Å². The van der Waals surface area contributed by atoms with Gasteiger partial charge in [0, 0.05) is 18.0 Å². The zero-order valence-corrected chi connectivity index (χ0v) is 10.5. The maximum atomic E-state index is 5.96. The van der Waals surface area contributed by atoms with Gasteiger partial charge >= 0.3 is 0 Å². The molecule has 17 heavy (non-hydrogen) atoms. The van der Waals surface area contributed by atoms with Crippen molar-refractivity contribution in [3.05, 3.63) is 36.0 Å². The first kappa shape index (κ1) is 11.9. The van der Waals surface area contributed by atoms with Gasteiger partial charge in [0.1, 0.15) is 11.4 Å². The van der Waals surface area contributed by atoms with Crippen LogP contribution < -0.4 is 10.5 Å². The van der Waals surface area contributed by atoms with Crippen molar-refractivity contribution in [2.24, 2.45) is 5.73 Å². The third-order valence-electron chi connectivity index (χ3n) is 2.36. The highest BCUT2D eigenvalue weighted by Gasteiger charge is 2.15. The van der Waals surface area contributed by atoms with Gasteiger partial charge in [0.25, 0.3) is 0 Å². The van der Waals surface area contributed by atoms with E-state index >= 15 is 0 Å². The first-order valence-corrected chi connectivity index (χ1v) is 5.77. The van der Waals surface area contributed by atoms with Crippen molar-refractivity contribution in [1.82, 2.24) is 4.98 Å². The minimum atomic E-state index is -0.226. The summed E-state index contributed by atoms with van der Waals surface area (Å²) in [4.78, 5) is 4.48. The molecule has 0 saturated heterocycles. The molecule has 0 aliphatic rings. The minimum absolute atomic E-state index is 0.226. The van der Waals surface area contributed by atoms with Crippen molar-refractivity contribution in [1.29, 1.82) is 0 Å². The average Bonchev–Trinajstić information content (AvgIpc) is 2.26. The van der Waals surface area contributed by atoms with E-state index in [9.17, 15) is 0 Å². The molecule has 3 nitrogen and oxygen atoms in total. The van der Waals surface area contributed by atoms with Crippen LogP contribution in [0.2, 0.25) is 0 Å².